The molecular formula is C64H61N4OPt-3. The van der Waals surface area contributed by atoms with E-state index in [1.807, 2.05) is 6.20 Å². The van der Waals surface area contributed by atoms with Crippen LogP contribution in [0.1, 0.15) is 97.1 Å². The Kier molecular flexibility index (Phi) is 12.8. The molecule has 70 heavy (non-hydrogen) atoms. The van der Waals surface area contributed by atoms with Crippen LogP contribution >= 0.6 is 0 Å². The van der Waals surface area contributed by atoms with Gasteiger partial charge < -0.3 is 19.1 Å². The van der Waals surface area contributed by atoms with Crippen LogP contribution in [0.15, 0.2) is 188 Å². The van der Waals surface area contributed by atoms with Crippen molar-refractivity contribution < 1.29 is 25.8 Å². The SMILES string of the molecule is CC(C)(C)C1=CN(c2cccc(C(C)(C)c3ccccc3)c2)[CH-]N1c1[c-]c(Oc2[c-]c3c(c(C(C)(C)c4ccccc4)c2)c2ccccc2n3-c2cc(C(C)(C)C)ccn2)cc(-c2ccccc2)c1.[Pt]. The van der Waals surface area contributed by atoms with Gasteiger partial charge in [-0.2, -0.15) is 0 Å². The van der Waals surface area contributed by atoms with Gasteiger partial charge in [0.1, 0.15) is 5.82 Å². The second-order valence-corrected chi connectivity index (χ2v) is 21.6. The number of pyridine rings is 1. The Labute approximate surface area is 429 Å². The van der Waals surface area contributed by atoms with Crippen molar-refractivity contribution in [2.45, 2.75) is 85.5 Å². The molecule has 0 fully saturated rings. The van der Waals surface area contributed by atoms with E-state index in [1.54, 1.807) is 0 Å². The Balaban J connectivity index is 0.00000608. The van der Waals surface area contributed by atoms with Crippen molar-refractivity contribution in [1.29, 1.82) is 0 Å². The summed E-state index contributed by atoms with van der Waals surface area (Å²) in [5, 5.41) is 2.27. The molecule has 0 saturated heterocycles. The molecule has 2 aromatic heterocycles. The fourth-order valence-electron chi connectivity index (χ4n) is 9.80. The van der Waals surface area contributed by atoms with Crippen molar-refractivity contribution in [3.05, 3.63) is 235 Å². The maximum Gasteiger partial charge on any atom is 0.135 e. The number of para-hydroxylation sites is 1. The maximum absolute atomic E-state index is 7.19. The number of hydrogen-bond donors (Lipinski definition) is 0. The average Bonchev–Trinajstić information content (AvgIpc) is 3.96. The third-order valence-corrected chi connectivity index (χ3v) is 14.0. The van der Waals surface area contributed by atoms with Crippen LogP contribution < -0.4 is 14.5 Å². The number of allylic oxidation sites excluding steroid dienone is 1. The molecule has 0 N–H and O–H groups in total. The van der Waals surface area contributed by atoms with E-state index < -0.39 is 5.41 Å². The van der Waals surface area contributed by atoms with Crippen LogP contribution in [0, 0.1) is 24.2 Å². The van der Waals surface area contributed by atoms with Crippen molar-refractivity contribution in [2.75, 3.05) is 9.80 Å². The van der Waals surface area contributed by atoms with Crippen molar-refractivity contribution in [3.63, 3.8) is 0 Å². The minimum absolute atomic E-state index is 0. The molecular weight excluding hydrogens is 1040 g/mol. The molecule has 0 atom stereocenters. The molecule has 0 bridgehead atoms. The third kappa shape index (κ3) is 9.13. The molecule has 0 radical (unpaired) electrons. The molecule has 7 aromatic carbocycles. The fraction of sp³-hybridized carbons (Fsp3) is 0.219. The molecule has 9 aromatic rings. The second kappa shape index (κ2) is 18.6. The van der Waals surface area contributed by atoms with E-state index in [2.05, 4.69) is 278 Å². The minimum Gasteiger partial charge on any atom is -0.509 e. The van der Waals surface area contributed by atoms with Gasteiger partial charge in [0, 0.05) is 66.5 Å². The number of ether oxygens (including phenoxy) is 1. The molecule has 0 saturated carbocycles. The quantitative estimate of drug-likeness (QED) is 0.128. The van der Waals surface area contributed by atoms with Gasteiger partial charge in [-0.25, -0.2) is 4.98 Å². The summed E-state index contributed by atoms with van der Waals surface area (Å²) in [6, 6.07) is 68.1. The zero-order valence-electron chi connectivity index (χ0n) is 41.9. The molecule has 356 valence electrons. The first kappa shape index (κ1) is 48.3. The largest absolute Gasteiger partial charge is 0.509 e. The van der Waals surface area contributed by atoms with E-state index in [9.17, 15) is 0 Å². The van der Waals surface area contributed by atoms with Gasteiger partial charge in [0.15, 0.2) is 0 Å². The van der Waals surface area contributed by atoms with E-state index >= 15 is 0 Å². The first-order valence-electron chi connectivity index (χ1n) is 24.1. The van der Waals surface area contributed by atoms with E-state index in [-0.39, 0.29) is 37.3 Å². The molecule has 5 nitrogen and oxygen atoms in total. The number of benzene rings is 7. The number of nitrogens with zero attached hydrogens (tertiary/aromatic N) is 4. The molecule has 0 amide bonds. The van der Waals surface area contributed by atoms with Crippen molar-refractivity contribution in [3.8, 4) is 28.4 Å². The predicted molar refractivity (Wildman–Crippen MR) is 287 cm³/mol. The standard InChI is InChI=1S/C64H61N4O.Pt/c1-61(2,3)48-33-34-65-59(38-48)68-56-32-21-20-31-54(56)60-55(64(9,10)47-27-18-13-19-28-47)40-53(41-57(60)68)69-52-36-45(44-23-14-11-15-24-44)35-51(39-52)67-43-66(42-58(67)62(4,5)6)50-30-22-29-49(37-50)63(7,8)46-25-16-12-17-26-46;/h11-38,40,42-43H,1-10H3;/q-3;. The average molecular weight is 1100 g/mol. The molecule has 1 aliphatic heterocycles. The molecule has 6 heteroatoms. The van der Waals surface area contributed by atoms with Crippen LogP contribution in [0.2, 0.25) is 0 Å². The third-order valence-electron chi connectivity index (χ3n) is 14.0. The van der Waals surface area contributed by atoms with E-state index in [4.69, 9.17) is 9.72 Å². The van der Waals surface area contributed by atoms with Crippen LogP contribution in [0.3, 0.4) is 0 Å². The van der Waals surface area contributed by atoms with Gasteiger partial charge in [-0.3, -0.25) is 0 Å². The summed E-state index contributed by atoms with van der Waals surface area (Å²) in [5.74, 6) is 2.03. The first-order valence-corrected chi connectivity index (χ1v) is 24.1. The summed E-state index contributed by atoms with van der Waals surface area (Å²) in [4.78, 5) is 9.54. The predicted octanol–water partition coefficient (Wildman–Crippen LogP) is 16.5. The van der Waals surface area contributed by atoms with Crippen molar-refractivity contribution >= 4 is 33.2 Å². The van der Waals surface area contributed by atoms with Crippen LogP contribution in [0.5, 0.6) is 11.5 Å². The summed E-state index contributed by atoms with van der Waals surface area (Å²) in [6.45, 7) is 24.9. The second-order valence-electron chi connectivity index (χ2n) is 21.6. The van der Waals surface area contributed by atoms with Crippen molar-refractivity contribution in [2.24, 2.45) is 5.41 Å². The zero-order valence-corrected chi connectivity index (χ0v) is 44.2. The number of rotatable bonds is 10. The van der Waals surface area contributed by atoms with E-state index in [0.717, 1.165) is 61.4 Å². The van der Waals surface area contributed by atoms with Crippen LogP contribution in [0.25, 0.3) is 38.8 Å². The van der Waals surface area contributed by atoms with Gasteiger partial charge in [0.05, 0.1) is 0 Å². The number of hydrogen-bond acceptors (Lipinski definition) is 4. The first-order chi connectivity index (χ1) is 33.0. The van der Waals surface area contributed by atoms with E-state index in [1.165, 1.54) is 22.3 Å². The van der Waals surface area contributed by atoms with Crippen LogP contribution in [0.4, 0.5) is 11.4 Å². The van der Waals surface area contributed by atoms with Gasteiger partial charge in [-0.1, -0.05) is 201 Å². The minimum atomic E-state index is -0.420. The Morgan fingerprint density at radius 3 is 1.81 bits per heavy atom. The Bertz CT molecular complexity index is 3360. The number of anilines is 2. The van der Waals surface area contributed by atoms with Gasteiger partial charge >= 0.3 is 0 Å². The van der Waals surface area contributed by atoms with Crippen LogP contribution in [-0.4, -0.2) is 9.55 Å². The fourth-order valence-corrected chi connectivity index (χ4v) is 9.80. The Morgan fingerprint density at radius 1 is 0.529 bits per heavy atom. The summed E-state index contributed by atoms with van der Waals surface area (Å²) >= 11 is 0. The molecule has 1 aliphatic rings. The zero-order chi connectivity index (χ0) is 48.3. The molecule has 0 spiro atoms. The van der Waals surface area contributed by atoms with Gasteiger partial charge in [-0.15, -0.1) is 53.8 Å². The maximum atomic E-state index is 7.19. The van der Waals surface area contributed by atoms with Gasteiger partial charge in [-0.05, 0) is 80.6 Å². The summed E-state index contributed by atoms with van der Waals surface area (Å²) in [6.07, 6.45) is 4.19. The number of aromatic nitrogens is 2. The summed E-state index contributed by atoms with van der Waals surface area (Å²) in [5.41, 5.74) is 12.4. The molecule has 10 rings (SSSR count). The molecule has 0 unspecified atom stereocenters. The normalized spacial score (nSPS) is 13.4. The summed E-state index contributed by atoms with van der Waals surface area (Å²) in [7, 11) is 0. The van der Waals surface area contributed by atoms with E-state index in [0.29, 0.717) is 11.5 Å². The van der Waals surface area contributed by atoms with Crippen molar-refractivity contribution in [1.82, 2.24) is 9.55 Å². The van der Waals surface area contributed by atoms with Gasteiger partial charge in [0.2, 0.25) is 0 Å². The topological polar surface area (TPSA) is 33.5 Å². The number of fused-ring (bicyclic) bond motifs is 3. The Hall–Kier alpha value is -6.68. The molecule has 3 heterocycles. The molecule has 0 aliphatic carbocycles. The van der Waals surface area contributed by atoms with Crippen LogP contribution in [-0.2, 0) is 37.3 Å². The Morgan fingerprint density at radius 2 is 1.14 bits per heavy atom. The monoisotopic (exact) mass is 1100 g/mol. The summed E-state index contributed by atoms with van der Waals surface area (Å²) < 4.78 is 9.46. The smallest absolute Gasteiger partial charge is 0.135 e. The van der Waals surface area contributed by atoms with Gasteiger partial charge in [0.25, 0.3) is 0 Å².